The minimum Gasteiger partial charge on any atom is -0.341 e. The molecular weight excluding hydrogens is 340 g/mol. The molecule has 6 heteroatoms. The maximum absolute atomic E-state index is 12.2. The molecule has 2 amide bonds. The second-order valence-corrected chi connectivity index (χ2v) is 6.29. The number of benzene rings is 1. The Morgan fingerprint density at radius 2 is 2.00 bits per heavy atom. The van der Waals surface area contributed by atoms with Gasteiger partial charge < -0.3 is 10.2 Å². The fourth-order valence-corrected chi connectivity index (χ4v) is 3.10. The van der Waals surface area contributed by atoms with Crippen molar-refractivity contribution in [3.05, 3.63) is 28.2 Å². The number of likely N-dealkylation sites (tertiary alicyclic amines) is 1. The highest BCUT2D eigenvalue weighted by atomic mass is 79.9. The quantitative estimate of drug-likeness (QED) is 0.817. The maximum atomic E-state index is 12.2. The van der Waals surface area contributed by atoms with Gasteiger partial charge in [0.2, 0.25) is 5.91 Å². The van der Waals surface area contributed by atoms with Crippen molar-refractivity contribution in [2.45, 2.75) is 30.7 Å². The summed E-state index contributed by atoms with van der Waals surface area (Å²) in [6, 6.07) is 4.71. The largest absolute Gasteiger partial charge is 0.341 e. The first kappa shape index (κ1) is 15.4. The molecule has 108 valence electrons. The summed E-state index contributed by atoms with van der Waals surface area (Å²) in [7, 11) is 0. The molecule has 1 atom stereocenters. The highest BCUT2D eigenvalue weighted by molar-refractivity contribution is 9.10. The van der Waals surface area contributed by atoms with E-state index in [1.165, 1.54) is 0 Å². The van der Waals surface area contributed by atoms with Crippen LogP contribution < -0.4 is 5.32 Å². The van der Waals surface area contributed by atoms with Crippen LogP contribution in [0.25, 0.3) is 0 Å². The van der Waals surface area contributed by atoms with E-state index in [1.54, 1.807) is 30.0 Å². The smallest absolute Gasteiger partial charge is 0.253 e. The van der Waals surface area contributed by atoms with Gasteiger partial charge in [-0.3, -0.25) is 9.59 Å². The third-order valence-corrected chi connectivity index (χ3v) is 4.20. The Morgan fingerprint density at radius 1 is 1.35 bits per heavy atom. The predicted molar refractivity (Wildman–Crippen MR) is 84.1 cm³/mol. The molecule has 0 spiro atoms. The van der Waals surface area contributed by atoms with Crippen LogP contribution in [0.1, 0.15) is 30.1 Å². The van der Waals surface area contributed by atoms with E-state index in [0.29, 0.717) is 10.5 Å². The Morgan fingerprint density at radius 3 is 2.60 bits per heavy atom. The van der Waals surface area contributed by atoms with Crippen molar-refractivity contribution in [2.75, 3.05) is 13.1 Å². The Hall–Kier alpha value is -1.01. The number of hydrogen-bond donors (Lipinski definition) is 2. The van der Waals surface area contributed by atoms with Gasteiger partial charge in [-0.25, -0.2) is 0 Å². The normalized spacial score (nSPS) is 16.1. The van der Waals surface area contributed by atoms with Gasteiger partial charge in [0, 0.05) is 22.5 Å². The molecule has 1 heterocycles. The topological polar surface area (TPSA) is 49.4 Å². The van der Waals surface area contributed by atoms with Gasteiger partial charge in [0.05, 0.1) is 5.56 Å². The third kappa shape index (κ3) is 3.55. The van der Waals surface area contributed by atoms with Crippen LogP contribution in [0.3, 0.4) is 0 Å². The first-order chi connectivity index (χ1) is 9.49. The summed E-state index contributed by atoms with van der Waals surface area (Å²) in [5.41, 5.74) is 0.470. The van der Waals surface area contributed by atoms with Crippen LogP contribution in [0, 0.1) is 0 Å². The molecule has 1 unspecified atom stereocenters. The van der Waals surface area contributed by atoms with Crippen molar-refractivity contribution in [3.8, 4) is 0 Å². The molecule has 0 aliphatic carbocycles. The molecule has 0 saturated carbocycles. The fraction of sp³-hybridized carbons (Fsp3) is 0.429. The lowest BCUT2D eigenvalue weighted by Crippen LogP contribution is -2.46. The summed E-state index contributed by atoms with van der Waals surface area (Å²) in [6.07, 6.45) is 2.08. The average molecular weight is 357 g/mol. The van der Waals surface area contributed by atoms with Crippen molar-refractivity contribution in [2.24, 2.45) is 0 Å². The van der Waals surface area contributed by atoms with Gasteiger partial charge in [0.15, 0.2) is 0 Å². The number of carbonyl (C=O) groups is 2. The maximum Gasteiger partial charge on any atom is 0.253 e. The van der Waals surface area contributed by atoms with E-state index in [1.807, 2.05) is 0 Å². The van der Waals surface area contributed by atoms with Crippen LogP contribution in [-0.4, -0.2) is 35.8 Å². The van der Waals surface area contributed by atoms with E-state index in [4.69, 9.17) is 0 Å². The van der Waals surface area contributed by atoms with E-state index in [0.717, 1.165) is 30.4 Å². The molecule has 0 bridgehead atoms. The Labute approximate surface area is 132 Å². The van der Waals surface area contributed by atoms with Crippen molar-refractivity contribution in [3.63, 3.8) is 0 Å². The van der Waals surface area contributed by atoms with E-state index in [2.05, 4.69) is 33.9 Å². The van der Waals surface area contributed by atoms with Gasteiger partial charge >= 0.3 is 0 Å². The molecule has 4 nitrogen and oxygen atoms in total. The number of nitrogens with one attached hydrogen (secondary N) is 1. The SMILES string of the molecule is CC(NC(=O)c1ccc(Br)cc1S)C(=O)N1CCCC1. The van der Waals surface area contributed by atoms with E-state index >= 15 is 0 Å². The molecule has 1 N–H and O–H groups in total. The first-order valence-corrected chi connectivity index (χ1v) is 7.81. The number of thiol groups is 1. The molecule has 0 aromatic heterocycles. The molecule has 0 radical (unpaired) electrons. The molecule has 1 aromatic rings. The van der Waals surface area contributed by atoms with Gasteiger partial charge in [0.1, 0.15) is 6.04 Å². The Balaban J connectivity index is 2.01. The second-order valence-electron chi connectivity index (χ2n) is 4.89. The monoisotopic (exact) mass is 356 g/mol. The molecule has 1 fully saturated rings. The number of carbonyl (C=O) groups excluding carboxylic acids is 2. The van der Waals surface area contributed by atoms with E-state index < -0.39 is 6.04 Å². The summed E-state index contributed by atoms with van der Waals surface area (Å²) in [6.45, 7) is 3.29. The molecular formula is C14H17BrN2O2S. The van der Waals surface area contributed by atoms with Gasteiger partial charge in [0.25, 0.3) is 5.91 Å². The van der Waals surface area contributed by atoms with Gasteiger partial charge in [-0.1, -0.05) is 15.9 Å². The minimum atomic E-state index is -0.517. The van der Waals surface area contributed by atoms with Crippen LogP contribution in [0.4, 0.5) is 0 Å². The first-order valence-electron chi connectivity index (χ1n) is 6.57. The molecule has 1 aliphatic rings. The Bertz CT molecular complexity index is 530. The zero-order valence-electron chi connectivity index (χ0n) is 11.2. The zero-order chi connectivity index (χ0) is 14.7. The zero-order valence-corrected chi connectivity index (χ0v) is 13.7. The third-order valence-electron chi connectivity index (χ3n) is 3.34. The average Bonchev–Trinajstić information content (AvgIpc) is 2.91. The van der Waals surface area contributed by atoms with Crippen LogP contribution in [0.2, 0.25) is 0 Å². The van der Waals surface area contributed by atoms with Crippen LogP contribution in [-0.2, 0) is 4.79 Å². The molecule has 1 aliphatic heterocycles. The molecule has 20 heavy (non-hydrogen) atoms. The highest BCUT2D eigenvalue weighted by Gasteiger charge is 2.25. The van der Waals surface area contributed by atoms with E-state index in [9.17, 15) is 9.59 Å². The van der Waals surface area contributed by atoms with Crippen molar-refractivity contribution in [1.82, 2.24) is 10.2 Å². The van der Waals surface area contributed by atoms with E-state index in [-0.39, 0.29) is 11.8 Å². The lowest BCUT2D eigenvalue weighted by molar-refractivity contribution is -0.131. The lowest BCUT2D eigenvalue weighted by Gasteiger charge is -2.21. The number of nitrogens with zero attached hydrogens (tertiary/aromatic N) is 1. The number of hydrogen-bond acceptors (Lipinski definition) is 3. The van der Waals surface area contributed by atoms with Crippen LogP contribution in [0.5, 0.6) is 0 Å². The molecule has 1 aromatic carbocycles. The lowest BCUT2D eigenvalue weighted by atomic mass is 10.2. The number of rotatable bonds is 3. The van der Waals surface area contributed by atoms with Gasteiger partial charge in [-0.05, 0) is 38.0 Å². The van der Waals surface area contributed by atoms with Crippen LogP contribution in [0.15, 0.2) is 27.6 Å². The summed E-state index contributed by atoms with van der Waals surface area (Å²) >= 11 is 7.61. The standard InChI is InChI=1S/C14H17BrN2O2S/c1-9(14(19)17-6-2-3-7-17)16-13(18)11-5-4-10(15)8-12(11)20/h4-5,8-9,20H,2-3,6-7H2,1H3,(H,16,18). The number of amides is 2. The summed E-state index contributed by atoms with van der Waals surface area (Å²) in [5, 5.41) is 2.74. The second kappa shape index (κ2) is 6.63. The van der Waals surface area contributed by atoms with Gasteiger partial charge in [-0.2, -0.15) is 0 Å². The molecule has 2 rings (SSSR count). The van der Waals surface area contributed by atoms with Crippen LogP contribution >= 0.6 is 28.6 Å². The van der Waals surface area contributed by atoms with Crippen molar-refractivity contribution < 1.29 is 9.59 Å². The van der Waals surface area contributed by atoms with Crippen molar-refractivity contribution in [1.29, 1.82) is 0 Å². The Kier molecular flexibility index (Phi) is 5.10. The fourth-order valence-electron chi connectivity index (χ4n) is 2.24. The van der Waals surface area contributed by atoms with Gasteiger partial charge in [-0.15, -0.1) is 12.6 Å². The highest BCUT2D eigenvalue weighted by Crippen LogP contribution is 2.20. The molecule has 1 saturated heterocycles. The predicted octanol–water partition coefficient (Wildman–Crippen LogP) is 2.48. The summed E-state index contributed by atoms with van der Waals surface area (Å²) in [5.74, 6) is -0.295. The summed E-state index contributed by atoms with van der Waals surface area (Å²) in [4.78, 5) is 26.7. The summed E-state index contributed by atoms with van der Waals surface area (Å²) < 4.78 is 0.861. The van der Waals surface area contributed by atoms with Crippen molar-refractivity contribution >= 4 is 40.4 Å². The number of halogens is 1. The minimum absolute atomic E-state index is 0.0197.